The van der Waals surface area contributed by atoms with E-state index in [0.717, 1.165) is 38.0 Å². The summed E-state index contributed by atoms with van der Waals surface area (Å²) in [4.78, 5) is 26.1. The molecule has 21 heavy (non-hydrogen) atoms. The van der Waals surface area contributed by atoms with E-state index in [1.54, 1.807) is 19.1 Å². The summed E-state index contributed by atoms with van der Waals surface area (Å²) in [6.45, 7) is 4.12. The van der Waals surface area contributed by atoms with Crippen molar-refractivity contribution in [1.82, 2.24) is 15.5 Å². The Bertz CT molecular complexity index is 493. The minimum Gasteiger partial charge on any atom is -0.341 e. The Hall–Kier alpha value is -1.88. The third-order valence-electron chi connectivity index (χ3n) is 3.73. The van der Waals surface area contributed by atoms with Gasteiger partial charge in [-0.1, -0.05) is 12.1 Å². The van der Waals surface area contributed by atoms with E-state index in [9.17, 15) is 9.59 Å². The summed E-state index contributed by atoms with van der Waals surface area (Å²) in [6, 6.07) is 6.92. The first-order valence-electron chi connectivity index (χ1n) is 7.45. The lowest BCUT2D eigenvalue weighted by molar-refractivity contribution is -0.131. The van der Waals surface area contributed by atoms with E-state index in [4.69, 9.17) is 0 Å². The summed E-state index contributed by atoms with van der Waals surface area (Å²) in [7, 11) is 1.88. The van der Waals surface area contributed by atoms with E-state index in [-0.39, 0.29) is 11.8 Å². The Morgan fingerprint density at radius 2 is 1.81 bits per heavy atom. The first-order chi connectivity index (χ1) is 10.1. The quantitative estimate of drug-likeness (QED) is 0.855. The lowest BCUT2D eigenvalue weighted by Crippen LogP contribution is -2.45. The van der Waals surface area contributed by atoms with Crippen LogP contribution in [0.4, 0.5) is 0 Å². The highest BCUT2D eigenvalue weighted by molar-refractivity contribution is 5.97. The van der Waals surface area contributed by atoms with Gasteiger partial charge in [0.15, 0.2) is 0 Å². The average Bonchev–Trinajstić information content (AvgIpc) is 3.01. The molecule has 1 aliphatic rings. The largest absolute Gasteiger partial charge is 0.341 e. The van der Waals surface area contributed by atoms with Crippen LogP contribution < -0.4 is 10.6 Å². The van der Waals surface area contributed by atoms with E-state index in [0.29, 0.717) is 5.56 Å². The lowest BCUT2D eigenvalue weighted by Gasteiger charge is -2.21. The third-order valence-corrected chi connectivity index (χ3v) is 3.73. The maximum Gasteiger partial charge on any atom is 0.251 e. The van der Waals surface area contributed by atoms with Gasteiger partial charge in [0.2, 0.25) is 5.91 Å². The van der Waals surface area contributed by atoms with Gasteiger partial charge in [-0.25, -0.2) is 0 Å². The van der Waals surface area contributed by atoms with Crippen molar-refractivity contribution in [3.63, 3.8) is 0 Å². The Balaban J connectivity index is 1.92. The van der Waals surface area contributed by atoms with Gasteiger partial charge in [-0.05, 0) is 44.5 Å². The van der Waals surface area contributed by atoms with Gasteiger partial charge in [0, 0.05) is 25.2 Å². The highest BCUT2D eigenvalue weighted by Crippen LogP contribution is 2.10. The van der Waals surface area contributed by atoms with Crippen molar-refractivity contribution in [2.75, 3.05) is 20.1 Å². The highest BCUT2D eigenvalue weighted by Gasteiger charge is 2.24. The van der Waals surface area contributed by atoms with Crippen molar-refractivity contribution < 1.29 is 9.59 Å². The zero-order valence-electron chi connectivity index (χ0n) is 12.7. The molecule has 0 aromatic heterocycles. The van der Waals surface area contributed by atoms with Gasteiger partial charge in [-0.3, -0.25) is 9.59 Å². The van der Waals surface area contributed by atoms with E-state index in [2.05, 4.69) is 10.6 Å². The lowest BCUT2D eigenvalue weighted by atomic mass is 10.1. The van der Waals surface area contributed by atoms with Gasteiger partial charge >= 0.3 is 0 Å². The maximum absolute atomic E-state index is 12.2. The fourth-order valence-electron chi connectivity index (χ4n) is 2.53. The van der Waals surface area contributed by atoms with Gasteiger partial charge in [0.25, 0.3) is 5.91 Å². The molecule has 1 fully saturated rings. The number of hydrogen-bond acceptors (Lipinski definition) is 3. The van der Waals surface area contributed by atoms with Crippen LogP contribution in [-0.4, -0.2) is 42.9 Å². The minimum atomic E-state index is -0.479. The monoisotopic (exact) mass is 289 g/mol. The number of carbonyl (C=O) groups is 2. The number of benzene rings is 1. The van der Waals surface area contributed by atoms with E-state index in [1.165, 1.54) is 0 Å². The van der Waals surface area contributed by atoms with Gasteiger partial charge < -0.3 is 15.5 Å². The van der Waals surface area contributed by atoms with Crippen molar-refractivity contribution in [2.45, 2.75) is 32.4 Å². The van der Waals surface area contributed by atoms with Crippen LogP contribution in [0.3, 0.4) is 0 Å². The zero-order valence-corrected chi connectivity index (χ0v) is 12.7. The van der Waals surface area contributed by atoms with Gasteiger partial charge in [-0.2, -0.15) is 0 Å². The van der Waals surface area contributed by atoms with Crippen LogP contribution in [0, 0.1) is 0 Å². The molecule has 0 saturated carbocycles. The average molecular weight is 289 g/mol. The van der Waals surface area contributed by atoms with Crippen molar-refractivity contribution in [3.05, 3.63) is 35.4 Å². The Kier molecular flexibility index (Phi) is 5.33. The number of nitrogens with one attached hydrogen (secondary N) is 2. The molecule has 114 valence electrons. The first-order valence-corrected chi connectivity index (χ1v) is 7.45. The second kappa shape index (κ2) is 7.22. The summed E-state index contributed by atoms with van der Waals surface area (Å²) in [5.41, 5.74) is 1.70. The molecule has 1 aromatic carbocycles. The molecule has 0 unspecified atom stereocenters. The van der Waals surface area contributed by atoms with Crippen molar-refractivity contribution in [2.24, 2.45) is 0 Å². The molecular weight excluding hydrogens is 266 g/mol. The Morgan fingerprint density at radius 3 is 2.38 bits per heavy atom. The smallest absolute Gasteiger partial charge is 0.251 e. The van der Waals surface area contributed by atoms with Crippen LogP contribution in [0.5, 0.6) is 0 Å². The number of amides is 2. The topological polar surface area (TPSA) is 61.4 Å². The van der Waals surface area contributed by atoms with Gasteiger partial charge in [-0.15, -0.1) is 0 Å². The molecule has 5 nitrogen and oxygen atoms in total. The number of carbonyl (C=O) groups excluding carboxylic acids is 2. The van der Waals surface area contributed by atoms with Gasteiger partial charge in [0.05, 0.1) is 0 Å². The van der Waals surface area contributed by atoms with Gasteiger partial charge in [0.1, 0.15) is 6.04 Å². The molecule has 0 radical (unpaired) electrons. The Morgan fingerprint density at radius 1 is 1.19 bits per heavy atom. The normalized spacial score (nSPS) is 15.8. The number of hydrogen-bond donors (Lipinski definition) is 2. The van der Waals surface area contributed by atoms with Crippen LogP contribution in [0.1, 0.15) is 35.7 Å². The summed E-state index contributed by atoms with van der Waals surface area (Å²) < 4.78 is 0. The second-order valence-corrected chi connectivity index (χ2v) is 5.45. The van der Waals surface area contributed by atoms with E-state index in [1.807, 2.05) is 24.1 Å². The molecule has 0 aliphatic carbocycles. The molecule has 2 N–H and O–H groups in total. The maximum atomic E-state index is 12.2. The molecule has 1 saturated heterocycles. The van der Waals surface area contributed by atoms with Crippen molar-refractivity contribution >= 4 is 11.8 Å². The van der Waals surface area contributed by atoms with Crippen molar-refractivity contribution in [3.8, 4) is 0 Å². The number of nitrogens with zero attached hydrogens (tertiary/aromatic N) is 1. The predicted molar refractivity (Wildman–Crippen MR) is 81.9 cm³/mol. The summed E-state index contributed by atoms with van der Waals surface area (Å²) in [5, 5.41) is 5.84. The molecule has 0 bridgehead atoms. The fraction of sp³-hybridized carbons (Fsp3) is 0.500. The molecule has 0 spiro atoms. The molecule has 1 heterocycles. The second-order valence-electron chi connectivity index (χ2n) is 5.45. The van der Waals surface area contributed by atoms with Crippen LogP contribution in [0.2, 0.25) is 0 Å². The number of rotatable bonds is 5. The van der Waals surface area contributed by atoms with Crippen LogP contribution in [0.25, 0.3) is 0 Å². The predicted octanol–water partition coefficient (Wildman–Crippen LogP) is 1.15. The van der Waals surface area contributed by atoms with E-state index < -0.39 is 6.04 Å². The molecule has 1 aliphatic heterocycles. The standard InChI is InChI=1S/C16H23N3O2/c1-12(16(21)19-9-3-4-10-19)18-15(20)14-7-5-13(6-8-14)11-17-2/h5-8,12,17H,3-4,9-11H2,1-2H3,(H,18,20)/t12-/m1/s1. The van der Waals surface area contributed by atoms with E-state index >= 15 is 0 Å². The third kappa shape index (κ3) is 4.04. The van der Waals surface area contributed by atoms with Crippen LogP contribution in [0.15, 0.2) is 24.3 Å². The molecule has 5 heteroatoms. The zero-order chi connectivity index (χ0) is 15.2. The molecule has 1 aromatic rings. The first kappa shape index (κ1) is 15.5. The Labute approximate surface area is 125 Å². The highest BCUT2D eigenvalue weighted by atomic mass is 16.2. The summed E-state index contributed by atoms with van der Waals surface area (Å²) in [6.07, 6.45) is 2.11. The summed E-state index contributed by atoms with van der Waals surface area (Å²) >= 11 is 0. The van der Waals surface area contributed by atoms with Crippen LogP contribution in [-0.2, 0) is 11.3 Å². The molecule has 2 rings (SSSR count). The van der Waals surface area contributed by atoms with Crippen molar-refractivity contribution in [1.29, 1.82) is 0 Å². The molecule has 1 atom stereocenters. The fourth-order valence-corrected chi connectivity index (χ4v) is 2.53. The number of likely N-dealkylation sites (tertiary alicyclic amines) is 1. The SMILES string of the molecule is CNCc1ccc(C(=O)N[C@H](C)C(=O)N2CCCC2)cc1. The van der Waals surface area contributed by atoms with Crippen LogP contribution >= 0.6 is 0 Å². The summed E-state index contributed by atoms with van der Waals surface area (Å²) in [5.74, 6) is -0.196. The minimum absolute atomic E-state index is 0.00709. The molecular formula is C16H23N3O2. The molecule has 2 amide bonds.